The van der Waals surface area contributed by atoms with Crippen LogP contribution in [0, 0.1) is 6.92 Å². The largest absolute Gasteiger partial charge is 0.484 e. The smallest absolute Gasteiger partial charge is 0.261 e. The third-order valence-electron chi connectivity index (χ3n) is 4.61. The molecule has 0 fully saturated rings. The van der Waals surface area contributed by atoms with Crippen LogP contribution in [-0.4, -0.2) is 35.4 Å². The van der Waals surface area contributed by atoms with E-state index in [9.17, 15) is 9.59 Å². The number of hydrogen-bond donors (Lipinski definition) is 1. The topological polar surface area (TPSA) is 58.6 Å². The normalized spacial score (nSPS) is 11.8. The van der Waals surface area contributed by atoms with Crippen molar-refractivity contribution in [3.05, 3.63) is 63.6 Å². The van der Waals surface area contributed by atoms with Crippen LogP contribution in [0.4, 0.5) is 0 Å². The van der Waals surface area contributed by atoms with Crippen LogP contribution in [0.2, 0.25) is 10.0 Å². The molecule has 0 bridgehead atoms. The van der Waals surface area contributed by atoms with Crippen LogP contribution in [0.3, 0.4) is 0 Å². The second kappa shape index (κ2) is 11.2. The Balaban J connectivity index is 2.23. The predicted octanol–water partition coefficient (Wildman–Crippen LogP) is 5.01. The van der Waals surface area contributed by atoms with Crippen LogP contribution in [0.1, 0.15) is 38.3 Å². The molecule has 2 aromatic carbocycles. The van der Waals surface area contributed by atoms with Crippen LogP contribution in [-0.2, 0) is 16.1 Å². The number of carbonyl (C=O) groups is 2. The van der Waals surface area contributed by atoms with E-state index in [2.05, 4.69) is 5.32 Å². The van der Waals surface area contributed by atoms with Gasteiger partial charge in [-0.3, -0.25) is 9.59 Å². The van der Waals surface area contributed by atoms with Crippen molar-refractivity contribution in [3.63, 3.8) is 0 Å². The molecule has 0 heterocycles. The van der Waals surface area contributed by atoms with E-state index in [4.69, 9.17) is 27.9 Å². The summed E-state index contributed by atoms with van der Waals surface area (Å²) < 4.78 is 5.69. The number of nitrogens with zero attached hydrogens (tertiary/aromatic N) is 1. The van der Waals surface area contributed by atoms with E-state index >= 15 is 0 Å². The Morgan fingerprint density at radius 3 is 2.40 bits per heavy atom. The van der Waals surface area contributed by atoms with Crippen molar-refractivity contribution in [3.8, 4) is 5.75 Å². The van der Waals surface area contributed by atoms with Gasteiger partial charge < -0.3 is 15.0 Å². The number of nitrogens with one attached hydrogen (secondary N) is 1. The molecule has 5 nitrogen and oxygen atoms in total. The summed E-state index contributed by atoms with van der Waals surface area (Å²) in [6, 6.07) is 11.8. The van der Waals surface area contributed by atoms with Gasteiger partial charge in [-0.2, -0.15) is 0 Å². The Hall–Kier alpha value is -2.24. The summed E-state index contributed by atoms with van der Waals surface area (Å²) in [6.45, 7) is 7.53. The van der Waals surface area contributed by atoms with Crippen molar-refractivity contribution >= 4 is 35.0 Å². The third kappa shape index (κ3) is 6.64. The van der Waals surface area contributed by atoms with Gasteiger partial charge >= 0.3 is 0 Å². The lowest BCUT2D eigenvalue weighted by Crippen LogP contribution is -2.51. The molecule has 1 unspecified atom stereocenters. The second-order valence-corrected chi connectivity index (χ2v) is 8.21. The minimum absolute atomic E-state index is 0.0305. The average molecular weight is 451 g/mol. The minimum atomic E-state index is -0.633. The molecule has 2 rings (SSSR count). The van der Waals surface area contributed by atoms with Crippen molar-refractivity contribution in [2.45, 2.75) is 52.7 Å². The Kier molecular flexibility index (Phi) is 9.00. The molecule has 1 atom stereocenters. The van der Waals surface area contributed by atoms with Gasteiger partial charge in [-0.1, -0.05) is 48.3 Å². The molecule has 0 radical (unpaired) electrons. The van der Waals surface area contributed by atoms with E-state index in [0.29, 0.717) is 22.2 Å². The molecule has 0 aliphatic rings. The Morgan fingerprint density at radius 1 is 1.10 bits per heavy atom. The number of halogens is 2. The van der Waals surface area contributed by atoms with Crippen molar-refractivity contribution in [2.24, 2.45) is 0 Å². The van der Waals surface area contributed by atoms with E-state index in [1.165, 1.54) is 4.90 Å². The molecule has 2 aromatic rings. The maximum Gasteiger partial charge on any atom is 0.261 e. The highest BCUT2D eigenvalue weighted by Gasteiger charge is 2.29. The van der Waals surface area contributed by atoms with Gasteiger partial charge in [-0.25, -0.2) is 0 Å². The first-order valence-corrected chi connectivity index (χ1v) is 10.7. The number of amides is 2. The maximum atomic E-state index is 13.1. The molecule has 2 amide bonds. The zero-order chi connectivity index (χ0) is 22.3. The van der Waals surface area contributed by atoms with Gasteiger partial charge in [0.1, 0.15) is 11.8 Å². The highest BCUT2D eigenvalue weighted by molar-refractivity contribution is 6.31. The van der Waals surface area contributed by atoms with Crippen LogP contribution < -0.4 is 10.1 Å². The van der Waals surface area contributed by atoms with E-state index in [1.807, 2.05) is 45.9 Å². The van der Waals surface area contributed by atoms with Gasteiger partial charge in [0.15, 0.2) is 6.61 Å². The first kappa shape index (κ1) is 24.0. The fourth-order valence-electron chi connectivity index (χ4n) is 3.05. The summed E-state index contributed by atoms with van der Waals surface area (Å²) in [4.78, 5) is 27.4. The number of hydrogen-bond acceptors (Lipinski definition) is 3. The monoisotopic (exact) mass is 450 g/mol. The summed E-state index contributed by atoms with van der Waals surface area (Å²) >= 11 is 12.4. The molecule has 30 heavy (non-hydrogen) atoms. The number of benzene rings is 2. The minimum Gasteiger partial charge on any atom is -0.484 e. The molecule has 1 N–H and O–H groups in total. The lowest BCUT2D eigenvalue weighted by atomic mass is 10.1. The number of aryl methyl sites for hydroxylation is 1. The summed E-state index contributed by atoms with van der Waals surface area (Å²) in [7, 11) is 0. The van der Waals surface area contributed by atoms with Gasteiger partial charge in [0.2, 0.25) is 5.91 Å². The van der Waals surface area contributed by atoms with E-state index in [1.54, 1.807) is 24.3 Å². The third-order valence-corrected chi connectivity index (χ3v) is 5.40. The van der Waals surface area contributed by atoms with Crippen molar-refractivity contribution < 1.29 is 14.3 Å². The van der Waals surface area contributed by atoms with Gasteiger partial charge in [0.25, 0.3) is 5.91 Å². The fourth-order valence-corrected chi connectivity index (χ4v) is 3.36. The van der Waals surface area contributed by atoms with Crippen molar-refractivity contribution in [1.29, 1.82) is 0 Å². The van der Waals surface area contributed by atoms with Crippen molar-refractivity contribution in [1.82, 2.24) is 10.2 Å². The van der Waals surface area contributed by atoms with Crippen LogP contribution in [0.15, 0.2) is 42.5 Å². The van der Waals surface area contributed by atoms with Gasteiger partial charge in [-0.05, 0) is 62.6 Å². The molecule has 0 saturated carbocycles. The number of ether oxygens (including phenoxy) is 1. The molecule has 162 valence electrons. The highest BCUT2D eigenvalue weighted by Crippen LogP contribution is 2.22. The maximum absolute atomic E-state index is 13.1. The highest BCUT2D eigenvalue weighted by atomic mass is 35.5. The molecule has 0 aromatic heterocycles. The SMILES string of the molecule is CCC(C(=O)NC(C)C)N(Cc1ccccc1Cl)C(=O)COc1ccc(Cl)c(C)c1. The molecule has 7 heteroatoms. The van der Waals surface area contributed by atoms with Gasteiger partial charge in [0.05, 0.1) is 0 Å². The molecular formula is C23H28Cl2N2O3. The van der Waals surface area contributed by atoms with E-state index in [-0.39, 0.29) is 31.0 Å². The number of rotatable bonds is 9. The van der Waals surface area contributed by atoms with Gasteiger partial charge in [0, 0.05) is 22.6 Å². The Bertz CT molecular complexity index is 887. The van der Waals surface area contributed by atoms with Crippen LogP contribution >= 0.6 is 23.2 Å². The van der Waals surface area contributed by atoms with Crippen LogP contribution in [0.25, 0.3) is 0 Å². The molecule has 0 spiro atoms. The molecule has 0 aliphatic carbocycles. The van der Waals surface area contributed by atoms with Crippen molar-refractivity contribution in [2.75, 3.05) is 6.61 Å². The number of carbonyl (C=O) groups excluding carboxylic acids is 2. The lowest BCUT2D eigenvalue weighted by molar-refractivity contribution is -0.143. The Morgan fingerprint density at radius 2 is 1.80 bits per heavy atom. The summed E-state index contributed by atoms with van der Waals surface area (Å²) in [6.07, 6.45) is 0.467. The Labute approximate surface area is 188 Å². The summed E-state index contributed by atoms with van der Waals surface area (Å²) in [5.74, 6) is 0.0474. The molecule has 0 saturated heterocycles. The molecule has 0 aliphatic heterocycles. The standard InChI is InChI=1S/C23H28Cl2N2O3/c1-5-21(23(29)26-15(2)3)27(13-17-8-6-7-9-20(17)25)22(28)14-30-18-10-11-19(24)16(4)12-18/h6-12,15,21H,5,13-14H2,1-4H3,(H,26,29). The first-order valence-electron chi connectivity index (χ1n) is 9.95. The zero-order valence-corrected chi connectivity index (χ0v) is 19.3. The van der Waals surface area contributed by atoms with Crippen LogP contribution in [0.5, 0.6) is 5.75 Å². The van der Waals surface area contributed by atoms with Gasteiger partial charge in [-0.15, -0.1) is 0 Å². The lowest BCUT2D eigenvalue weighted by Gasteiger charge is -2.31. The molecular weight excluding hydrogens is 423 g/mol. The second-order valence-electron chi connectivity index (χ2n) is 7.40. The average Bonchev–Trinajstić information content (AvgIpc) is 2.69. The quantitative estimate of drug-likeness (QED) is 0.583. The zero-order valence-electron chi connectivity index (χ0n) is 17.7. The first-order chi connectivity index (χ1) is 14.2. The fraction of sp³-hybridized carbons (Fsp3) is 0.391. The van der Waals surface area contributed by atoms with E-state index in [0.717, 1.165) is 11.1 Å². The van der Waals surface area contributed by atoms with E-state index < -0.39 is 6.04 Å². The summed E-state index contributed by atoms with van der Waals surface area (Å²) in [5, 5.41) is 4.07. The summed E-state index contributed by atoms with van der Waals surface area (Å²) in [5.41, 5.74) is 1.63. The predicted molar refractivity (Wildman–Crippen MR) is 121 cm³/mol.